The van der Waals surface area contributed by atoms with E-state index >= 15 is 0 Å². The number of ether oxygens (including phenoxy) is 2. The fourth-order valence-electron chi connectivity index (χ4n) is 2.44. The summed E-state index contributed by atoms with van der Waals surface area (Å²) in [5, 5.41) is 11.5. The van der Waals surface area contributed by atoms with Gasteiger partial charge in [0, 0.05) is 0 Å². The summed E-state index contributed by atoms with van der Waals surface area (Å²) in [6.07, 6.45) is -4.84. The monoisotopic (exact) mass is 486 g/mol. The largest absolute Gasteiger partial charge is 0.490 e. The molecule has 2 heterocycles. The van der Waals surface area contributed by atoms with E-state index in [0.717, 1.165) is 12.3 Å². The van der Waals surface area contributed by atoms with E-state index < -0.39 is 46.7 Å². The molecule has 0 saturated heterocycles. The molecule has 0 bridgehead atoms. The third kappa shape index (κ3) is 6.48. The van der Waals surface area contributed by atoms with Crippen molar-refractivity contribution in [2.24, 2.45) is 0 Å². The number of halogens is 3. The third-order valence-electron chi connectivity index (χ3n) is 3.70. The average Bonchev–Trinajstić information content (AvgIpc) is 2.71. The Labute approximate surface area is 192 Å². The van der Waals surface area contributed by atoms with E-state index in [4.69, 9.17) is 21.1 Å². The number of amides is 3. The Hall–Kier alpha value is -3.54. The quantitative estimate of drug-likeness (QED) is 0.574. The Bertz CT molecular complexity index is 1060. The van der Waals surface area contributed by atoms with Gasteiger partial charge in [-0.2, -0.15) is 4.90 Å². The molecule has 0 aliphatic heterocycles. The van der Waals surface area contributed by atoms with Crippen LogP contribution in [0, 0.1) is 0 Å². The predicted molar refractivity (Wildman–Crippen MR) is 114 cm³/mol. The minimum atomic E-state index is -2.87. The Morgan fingerprint density at radius 3 is 2.48 bits per heavy atom. The lowest BCUT2D eigenvalue weighted by molar-refractivity contribution is 0.0580. The molecule has 0 unspecified atom stereocenters. The first-order valence-corrected chi connectivity index (χ1v) is 9.87. The van der Waals surface area contributed by atoms with Gasteiger partial charge >= 0.3 is 12.2 Å². The molecular weight excluding hydrogens is 466 g/mol. The standard InChI is InChI=1S/C20H21ClF2N4O6/c1-5-32-14-12(26-17(28)11-8-6-7-10(25-11)15(22)23)9-24-16(13(14)21)27(18(29)30)19(31)33-20(2,3)4/h6-9,15H,5H2,1-4H3,(H,26,28)(H,29,30). The maximum absolute atomic E-state index is 12.9. The van der Waals surface area contributed by atoms with Gasteiger partial charge in [-0.1, -0.05) is 17.7 Å². The number of carbonyl (C=O) groups excluding carboxylic acids is 2. The van der Waals surface area contributed by atoms with Crippen LogP contribution in [0.4, 0.5) is 29.9 Å². The van der Waals surface area contributed by atoms with Crippen molar-refractivity contribution in [2.45, 2.75) is 39.7 Å². The molecule has 0 aromatic carbocycles. The van der Waals surface area contributed by atoms with Gasteiger partial charge in [0.1, 0.15) is 27.7 Å². The number of carboxylic acid groups (broad SMARTS) is 1. The SMILES string of the molecule is CCOc1c(NC(=O)c2cccc(C(F)F)n2)cnc(N(C(=O)O)C(=O)OC(C)(C)C)c1Cl. The second-order valence-corrected chi connectivity index (χ2v) is 7.75. The van der Waals surface area contributed by atoms with Crippen molar-refractivity contribution in [3.63, 3.8) is 0 Å². The summed E-state index contributed by atoms with van der Waals surface area (Å²) in [5.74, 6) is -1.58. The molecule has 178 valence electrons. The highest BCUT2D eigenvalue weighted by molar-refractivity contribution is 6.36. The van der Waals surface area contributed by atoms with Crippen LogP contribution in [-0.4, -0.2) is 45.4 Å². The van der Waals surface area contributed by atoms with Crippen molar-refractivity contribution in [3.05, 3.63) is 40.8 Å². The topological polar surface area (TPSA) is 131 Å². The van der Waals surface area contributed by atoms with Gasteiger partial charge in [0.25, 0.3) is 12.3 Å². The van der Waals surface area contributed by atoms with Gasteiger partial charge in [-0.25, -0.2) is 28.3 Å². The number of rotatable bonds is 6. The minimum absolute atomic E-state index is 0.0463. The fourth-order valence-corrected chi connectivity index (χ4v) is 2.73. The van der Waals surface area contributed by atoms with Crippen LogP contribution in [0.3, 0.4) is 0 Å². The molecule has 0 atom stereocenters. The average molecular weight is 487 g/mol. The number of imide groups is 1. The first-order chi connectivity index (χ1) is 15.4. The van der Waals surface area contributed by atoms with E-state index in [-0.39, 0.29) is 28.6 Å². The van der Waals surface area contributed by atoms with Gasteiger partial charge in [0.05, 0.1) is 12.8 Å². The number of nitrogens with one attached hydrogen (secondary N) is 1. The molecule has 3 amide bonds. The molecule has 0 aliphatic rings. The number of pyridine rings is 2. The number of hydrogen-bond donors (Lipinski definition) is 2. The first kappa shape index (κ1) is 25.7. The highest BCUT2D eigenvalue weighted by atomic mass is 35.5. The molecule has 0 saturated carbocycles. The lowest BCUT2D eigenvalue weighted by Crippen LogP contribution is -2.41. The summed E-state index contributed by atoms with van der Waals surface area (Å²) in [6, 6.07) is 3.53. The van der Waals surface area contributed by atoms with Gasteiger partial charge in [-0.05, 0) is 39.8 Å². The van der Waals surface area contributed by atoms with Crippen LogP contribution >= 0.6 is 11.6 Å². The molecule has 2 aromatic rings. The number of alkyl halides is 2. The van der Waals surface area contributed by atoms with E-state index in [9.17, 15) is 28.3 Å². The molecule has 2 N–H and O–H groups in total. The highest BCUT2D eigenvalue weighted by Gasteiger charge is 2.33. The van der Waals surface area contributed by atoms with Gasteiger partial charge in [-0.15, -0.1) is 0 Å². The van der Waals surface area contributed by atoms with Crippen molar-refractivity contribution in [2.75, 3.05) is 16.8 Å². The van der Waals surface area contributed by atoms with Crippen molar-refractivity contribution >= 4 is 41.2 Å². The van der Waals surface area contributed by atoms with Crippen LogP contribution in [0.1, 0.15) is 50.3 Å². The van der Waals surface area contributed by atoms with Gasteiger partial charge in [-0.3, -0.25) is 4.79 Å². The Morgan fingerprint density at radius 1 is 1.27 bits per heavy atom. The van der Waals surface area contributed by atoms with Crippen molar-refractivity contribution in [1.29, 1.82) is 0 Å². The molecule has 2 rings (SSSR count). The van der Waals surface area contributed by atoms with Crippen molar-refractivity contribution in [3.8, 4) is 5.75 Å². The molecule has 0 aliphatic carbocycles. The van der Waals surface area contributed by atoms with Crippen LogP contribution < -0.4 is 15.0 Å². The fraction of sp³-hybridized carbons (Fsp3) is 0.350. The molecular formula is C20H21ClF2N4O6. The maximum Gasteiger partial charge on any atom is 0.425 e. The Morgan fingerprint density at radius 2 is 1.94 bits per heavy atom. The highest BCUT2D eigenvalue weighted by Crippen LogP contribution is 2.39. The van der Waals surface area contributed by atoms with Crippen molar-refractivity contribution in [1.82, 2.24) is 9.97 Å². The number of hydrogen-bond acceptors (Lipinski definition) is 7. The molecule has 10 nitrogen and oxygen atoms in total. The first-order valence-electron chi connectivity index (χ1n) is 9.49. The van der Waals surface area contributed by atoms with Gasteiger partial charge in [0.2, 0.25) is 0 Å². The number of carbonyl (C=O) groups is 3. The minimum Gasteiger partial charge on any atom is -0.490 e. The molecule has 0 fully saturated rings. The summed E-state index contributed by atoms with van der Waals surface area (Å²) in [5.41, 5.74) is -2.01. The predicted octanol–water partition coefficient (Wildman–Crippen LogP) is 5.14. The van der Waals surface area contributed by atoms with E-state index in [2.05, 4.69) is 15.3 Å². The Kier molecular flexibility index (Phi) is 8.09. The summed E-state index contributed by atoms with van der Waals surface area (Å²) < 4.78 is 36.3. The summed E-state index contributed by atoms with van der Waals surface area (Å²) in [7, 11) is 0. The van der Waals surface area contributed by atoms with Crippen molar-refractivity contribution < 1.29 is 37.7 Å². The van der Waals surface area contributed by atoms with Crippen LogP contribution in [0.25, 0.3) is 0 Å². The number of aromatic nitrogens is 2. The number of anilines is 2. The lowest BCUT2D eigenvalue weighted by atomic mass is 10.2. The summed E-state index contributed by atoms with van der Waals surface area (Å²) in [6.45, 7) is 6.27. The van der Waals surface area contributed by atoms with E-state index in [1.165, 1.54) is 12.1 Å². The number of nitrogens with zero attached hydrogens (tertiary/aromatic N) is 3. The smallest absolute Gasteiger partial charge is 0.425 e. The maximum atomic E-state index is 12.9. The van der Waals surface area contributed by atoms with Crippen LogP contribution in [-0.2, 0) is 4.74 Å². The molecule has 0 radical (unpaired) electrons. The van der Waals surface area contributed by atoms with E-state index in [0.29, 0.717) is 0 Å². The van der Waals surface area contributed by atoms with E-state index in [1.807, 2.05) is 0 Å². The normalized spacial score (nSPS) is 11.2. The molecule has 13 heteroatoms. The van der Waals surface area contributed by atoms with Crippen LogP contribution in [0.15, 0.2) is 24.4 Å². The second-order valence-electron chi connectivity index (χ2n) is 7.37. The zero-order valence-corrected chi connectivity index (χ0v) is 18.8. The zero-order valence-electron chi connectivity index (χ0n) is 18.1. The molecule has 0 spiro atoms. The second kappa shape index (κ2) is 10.4. The lowest BCUT2D eigenvalue weighted by Gasteiger charge is -2.25. The van der Waals surface area contributed by atoms with E-state index in [1.54, 1.807) is 27.7 Å². The van der Waals surface area contributed by atoms with Gasteiger partial charge < -0.3 is 19.9 Å². The van der Waals surface area contributed by atoms with Gasteiger partial charge in [0.15, 0.2) is 11.6 Å². The van der Waals surface area contributed by atoms with Crippen LogP contribution in [0.2, 0.25) is 5.02 Å². The van der Waals surface area contributed by atoms with Crippen LogP contribution in [0.5, 0.6) is 5.75 Å². The zero-order chi connectivity index (χ0) is 24.9. The third-order valence-corrected chi connectivity index (χ3v) is 4.04. The summed E-state index contributed by atoms with van der Waals surface area (Å²) in [4.78, 5) is 44.3. The molecule has 33 heavy (non-hydrogen) atoms. The summed E-state index contributed by atoms with van der Waals surface area (Å²) >= 11 is 6.28. The molecule has 2 aromatic heterocycles. The Balaban J connectivity index is 2.45.